The molecule has 4 N–H and O–H groups in total. The molecule has 4 atom stereocenters. The van der Waals surface area contributed by atoms with Crippen LogP contribution in [0, 0.1) is 11.8 Å². The van der Waals surface area contributed by atoms with E-state index in [1.165, 1.54) is 85.7 Å². The van der Waals surface area contributed by atoms with Crippen molar-refractivity contribution < 1.29 is 42.9 Å². The molecule has 0 spiro atoms. The van der Waals surface area contributed by atoms with Crippen molar-refractivity contribution in [2.45, 2.75) is 56.6 Å². The average molecular weight is 654 g/mol. The van der Waals surface area contributed by atoms with Crippen LogP contribution in [0.2, 0.25) is 0 Å². The number of carboxylic acids is 1. The van der Waals surface area contributed by atoms with Crippen LogP contribution in [-0.2, 0) is 26.0 Å². The van der Waals surface area contributed by atoms with Gasteiger partial charge in [0.15, 0.2) is 0 Å². The van der Waals surface area contributed by atoms with Gasteiger partial charge in [-0.15, -0.1) is 0 Å². The number of rotatable bonds is 12. The van der Waals surface area contributed by atoms with Crippen molar-refractivity contribution in [1.29, 1.82) is 0 Å². The van der Waals surface area contributed by atoms with E-state index < -0.39 is 45.9 Å². The number of nitrogens with zero attached hydrogens (tertiary/aromatic N) is 4. The summed E-state index contributed by atoms with van der Waals surface area (Å²) in [7, 11) is -3.97. The molecule has 11 nitrogen and oxygen atoms in total. The molecule has 0 saturated carbocycles. The fraction of sp³-hybridized carbons (Fsp3) is 0.588. The van der Waals surface area contributed by atoms with Crippen molar-refractivity contribution >= 4 is 38.4 Å². The molecule has 2 bridgehead atoms. The number of benzene rings is 2. The summed E-state index contributed by atoms with van der Waals surface area (Å²) < 4.78 is 31.7. The second-order valence-electron chi connectivity index (χ2n) is 14.5. The summed E-state index contributed by atoms with van der Waals surface area (Å²) in [5, 5.41) is 24.1. The first-order valence-electron chi connectivity index (χ1n) is 17.0. The Balaban J connectivity index is 1.13. The molecule has 0 aromatic heterocycles. The van der Waals surface area contributed by atoms with Gasteiger partial charge >= 0.3 is 0 Å². The Morgan fingerprint density at radius 1 is 1.04 bits per heavy atom. The van der Waals surface area contributed by atoms with Gasteiger partial charge in [0.25, 0.3) is 10.0 Å². The molecule has 12 heteroatoms. The van der Waals surface area contributed by atoms with Crippen LogP contribution in [0.3, 0.4) is 0 Å². The lowest BCUT2D eigenvalue weighted by molar-refractivity contribution is -1.08. The molecule has 4 fully saturated rings. The van der Waals surface area contributed by atoms with Gasteiger partial charge in [0.1, 0.15) is 39.3 Å². The monoisotopic (exact) mass is 653 g/mol. The third-order valence-corrected chi connectivity index (χ3v) is 13.9. The zero-order valence-electron chi connectivity index (χ0n) is 27.0. The zero-order valence-corrected chi connectivity index (χ0v) is 27.8. The van der Waals surface area contributed by atoms with Crippen LogP contribution in [0.15, 0.2) is 46.5 Å². The van der Waals surface area contributed by atoms with Crippen molar-refractivity contribution in [3.8, 4) is 0 Å². The van der Waals surface area contributed by atoms with E-state index in [1.54, 1.807) is 19.1 Å². The minimum atomic E-state index is -3.97. The molecule has 2 aromatic carbocycles. The number of aliphatic carboxylic acids is 1. The van der Waals surface area contributed by atoms with E-state index in [2.05, 4.69) is 5.73 Å². The molecule has 6 heterocycles. The molecule has 1 amide bonds. The fourth-order valence-corrected chi connectivity index (χ4v) is 10.9. The van der Waals surface area contributed by atoms with Crippen LogP contribution >= 0.6 is 0 Å². The third kappa shape index (κ3) is 4.70. The number of unbranched alkanes of at least 4 members (excludes halogenated alkanes) is 2. The molecule has 4 saturated heterocycles. The SMILES string of the molecule is C[C@@H](O)[C@H]1C(=O)N2C(C(=O)[O-])=C(CN3c4cccc5c(CC[N+]67CC[N+](CCCCC[NH3+])(CC6)CC7)ccc(c45)S3(=O)=O)[C@H](C)[C@H]12. The van der Waals surface area contributed by atoms with E-state index >= 15 is 0 Å². The second kappa shape index (κ2) is 11.3. The molecule has 0 radical (unpaired) electrons. The lowest BCUT2D eigenvalue weighted by Gasteiger charge is -2.55. The Bertz CT molecular complexity index is 1710. The highest BCUT2D eigenvalue weighted by Gasteiger charge is 2.59. The van der Waals surface area contributed by atoms with Crippen LogP contribution in [-0.4, -0.2) is 117 Å². The van der Waals surface area contributed by atoms with Gasteiger partial charge < -0.3 is 34.6 Å². The number of carbonyl (C=O) groups excluding carboxylic acids is 2. The van der Waals surface area contributed by atoms with Crippen molar-refractivity contribution in [2.24, 2.45) is 11.8 Å². The van der Waals surface area contributed by atoms with Crippen molar-refractivity contribution in [1.82, 2.24) is 4.90 Å². The Kier molecular flexibility index (Phi) is 7.75. The highest BCUT2D eigenvalue weighted by molar-refractivity contribution is 7.93. The fourth-order valence-electron chi connectivity index (χ4n) is 9.25. The molecular formula is C34H47N5O6S+2. The number of fused-ring (bicyclic) bond motifs is 4. The minimum Gasteiger partial charge on any atom is -0.543 e. The summed E-state index contributed by atoms with van der Waals surface area (Å²) >= 11 is 0. The molecule has 248 valence electrons. The summed E-state index contributed by atoms with van der Waals surface area (Å²) in [6.45, 7) is 13.8. The van der Waals surface area contributed by atoms with Gasteiger partial charge in [0.05, 0.1) is 66.5 Å². The van der Waals surface area contributed by atoms with E-state index in [0.717, 1.165) is 34.9 Å². The smallest absolute Gasteiger partial charge is 0.265 e. The van der Waals surface area contributed by atoms with Crippen molar-refractivity contribution in [3.63, 3.8) is 0 Å². The van der Waals surface area contributed by atoms with E-state index in [0.29, 0.717) is 16.6 Å². The molecule has 0 unspecified atom stereocenters. The maximum atomic E-state index is 14.0. The summed E-state index contributed by atoms with van der Waals surface area (Å²) in [6, 6.07) is 8.79. The summed E-state index contributed by atoms with van der Waals surface area (Å²) in [6.07, 6.45) is 3.70. The quantitative estimate of drug-likeness (QED) is 0.185. The van der Waals surface area contributed by atoms with Crippen LogP contribution in [0.5, 0.6) is 0 Å². The first kappa shape index (κ1) is 31.6. The maximum absolute atomic E-state index is 14.0. The van der Waals surface area contributed by atoms with Gasteiger partial charge in [0.2, 0.25) is 5.91 Å². The number of aliphatic hydroxyl groups excluding tert-OH is 1. The third-order valence-electron chi connectivity index (χ3n) is 12.1. The average Bonchev–Trinajstić information content (AvgIpc) is 3.41. The minimum absolute atomic E-state index is 0.196. The first-order valence-corrected chi connectivity index (χ1v) is 18.4. The number of sulfonamides is 1. The molecular weight excluding hydrogens is 606 g/mol. The van der Waals surface area contributed by atoms with Gasteiger partial charge in [-0.25, -0.2) is 8.42 Å². The topological polar surface area (TPSA) is 146 Å². The summed E-state index contributed by atoms with van der Waals surface area (Å²) in [5.74, 6) is -3.16. The van der Waals surface area contributed by atoms with E-state index in [9.17, 15) is 28.2 Å². The summed E-state index contributed by atoms with van der Waals surface area (Å²) in [4.78, 5) is 26.5. The van der Waals surface area contributed by atoms with Gasteiger partial charge in [-0.2, -0.15) is 0 Å². The number of anilines is 1. The molecule has 6 aliphatic heterocycles. The van der Waals surface area contributed by atoms with Gasteiger partial charge in [-0.1, -0.05) is 25.1 Å². The van der Waals surface area contributed by atoms with Crippen molar-refractivity contribution in [3.05, 3.63) is 47.2 Å². The number of aliphatic hydroxyl groups is 1. The second-order valence-corrected chi connectivity index (χ2v) is 16.3. The largest absolute Gasteiger partial charge is 0.543 e. The normalized spacial score (nSPS) is 31.5. The van der Waals surface area contributed by atoms with Crippen molar-refractivity contribution in [2.75, 3.05) is 69.8 Å². The summed E-state index contributed by atoms with van der Waals surface area (Å²) in [5.41, 5.74) is 5.71. The van der Waals surface area contributed by atoms with Crippen LogP contribution in [0.4, 0.5) is 5.69 Å². The molecule has 6 aliphatic rings. The predicted octanol–water partition coefficient (Wildman–Crippen LogP) is -0.174. The molecule has 46 heavy (non-hydrogen) atoms. The highest BCUT2D eigenvalue weighted by atomic mass is 32.2. The van der Waals surface area contributed by atoms with E-state index in [-0.39, 0.29) is 17.1 Å². The van der Waals surface area contributed by atoms with E-state index in [1.807, 2.05) is 18.2 Å². The lowest BCUT2D eigenvalue weighted by Crippen LogP contribution is -2.75. The van der Waals surface area contributed by atoms with Gasteiger partial charge in [-0.05, 0) is 54.8 Å². The number of hydrogen-bond acceptors (Lipinski definition) is 6. The maximum Gasteiger partial charge on any atom is 0.265 e. The molecule has 0 aliphatic carbocycles. The van der Waals surface area contributed by atoms with Gasteiger partial charge in [-0.3, -0.25) is 9.10 Å². The zero-order chi connectivity index (χ0) is 32.6. The number of carboxylic acid groups (broad SMARTS) is 1. The first-order chi connectivity index (χ1) is 21.9. The highest BCUT2D eigenvalue weighted by Crippen LogP contribution is 2.49. The number of β-lactam (4-membered cyclic amide) rings is 1. The number of quaternary nitrogens is 3. The lowest BCUT2D eigenvalue weighted by atomic mass is 9.78. The van der Waals surface area contributed by atoms with Gasteiger partial charge in [0, 0.05) is 17.7 Å². The Morgan fingerprint density at radius 2 is 1.72 bits per heavy atom. The van der Waals surface area contributed by atoms with E-state index in [4.69, 9.17) is 0 Å². The Labute approximate surface area is 271 Å². The number of amides is 1. The Morgan fingerprint density at radius 3 is 2.35 bits per heavy atom. The van der Waals surface area contributed by atoms with Crippen LogP contribution < -0.4 is 15.1 Å². The Hall–Kier alpha value is -3.03. The van der Waals surface area contributed by atoms with Crippen LogP contribution in [0.25, 0.3) is 10.8 Å². The number of carbonyl (C=O) groups is 2. The molecule has 2 aromatic rings. The molecule has 8 rings (SSSR count). The number of hydrogen-bond donors (Lipinski definition) is 2. The predicted molar refractivity (Wildman–Crippen MR) is 170 cm³/mol. The number of piperazine rings is 3. The van der Waals surface area contributed by atoms with Crippen LogP contribution in [0.1, 0.15) is 38.7 Å². The standard InChI is InChI=1S/C34H46N5O6S/c1-22-26(32(34(42)43)37-31(22)29(23(2)40)33(37)41)21-36-27-8-6-7-25-24(9-10-28(30(25)27)46(36,44)45)11-14-39-18-15-38(16-19-39,17-20-39)13-5-3-4-12-35/h6-10,22-23,29,31,40H,3-5,11-21,35H2,1-2H3/q+1/p+1/t22-,23+,29+,31+,38?,39?/m0/s1.